The van der Waals surface area contributed by atoms with Crippen molar-refractivity contribution in [1.82, 2.24) is 0 Å². The van der Waals surface area contributed by atoms with Crippen LogP contribution < -0.4 is 4.74 Å². The van der Waals surface area contributed by atoms with Gasteiger partial charge in [0.2, 0.25) is 0 Å². The zero-order valence-electron chi connectivity index (χ0n) is 11.9. The van der Waals surface area contributed by atoms with Gasteiger partial charge in [0, 0.05) is 10.4 Å². The number of aryl methyl sites for hydroxylation is 2. The highest BCUT2D eigenvalue weighted by atomic mass is 79.9. The van der Waals surface area contributed by atoms with Crippen LogP contribution in [0.1, 0.15) is 27.1 Å². The molecule has 0 radical (unpaired) electrons. The van der Waals surface area contributed by atoms with Gasteiger partial charge < -0.3 is 4.74 Å². The molecular weight excluding hydrogens is 319 g/mol. The van der Waals surface area contributed by atoms with Gasteiger partial charge in [0.05, 0.1) is 7.11 Å². The summed E-state index contributed by atoms with van der Waals surface area (Å²) in [6.45, 7) is 4.17. The van der Waals surface area contributed by atoms with E-state index in [1.807, 2.05) is 0 Å². The molecule has 106 valence electrons. The van der Waals surface area contributed by atoms with E-state index in [-0.39, 0.29) is 10.6 Å². The van der Waals surface area contributed by atoms with E-state index in [2.05, 4.69) is 48.0 Å². The van der Waals surface area contributed by atoms with Crippen LogP contribution in [0.3, 0.4) is 0 Å². The Labute approximate surface area is 127 Å². The quantitative estimate of drug-likeness (QED) is 0.703. The Morgan fingerprint density at radius 3 is 2.60 bits per heavy atom. The van der Waals surface area contributed by atoms with Crippen LogP contribution in [0.25, 0.3) is 0 Å². The molecule has 3 heteroatoms. The van der Waals surface area contributed by atoms with Crippen LogP contribution in [0, 0.1) is 19.7 Å². The van der Waals surface area contributed by atoms with Crippen molar-refractivity contribution in [3.8, 4) is 5.75 Å². The number of ether oxygens (including phenoxy) is 1. The minimum atomic E-state index is -0.244. The van der Waals surface area contributed by atoms with Gasteiger partial charge in [-0.1, -0.05) is 39.7 Å². The standard InChI is InChI=1S/C17H18BrFO/c1-11-4-5-12(2)13(8-11)9-16(18)15-10-14(19)6-7-17(15)20-3/h4-8,10,16H,9H2,1-3H3. The summed E-state index contributed by atoms with van der Waals surface area (Å²) < 4.78 is 18.8. The summed E-state index contributed by atoms with van der Waals surface area (Å²) in [4.78, 5) is 0.0219. The Morgan fingerprint density at radius 2 is 1.90 bits per heavy atom. The van der Waals surface area contributed by atoms with E-state index in [0.717, 1.165) is 12.0 Å². The summed E-state index contributed by atoms with van der Waals surface area (Å²) >= 11 is 3.66. The lowest BCUT2D eigenvalue weighted by molar-refractivity contribution is 0.408. The van der Waals surface area contributed by atoms with Gasteiger partial charge in [0.25, 0.3) is 0 Å². The molecule has 0 spiro atoms. The second-order valence-electron chi connectivity index (χ2n) is 4.99. The number of hydrogen-bond acceptors (Lipinski definition) is 1. The maximum absolute atomic E-state index is 13.4. The fourth-order valence-corrected chi connectivity index (χ4v) is 2.98. The Kier molecular flexibility index (Phi) is 4.81. The van der Waals surface area contributed by atoms with Crippen molar-refractivity contribution < 1.29 is 9.13 Å². The van der Waals surface area contributed by atoms with Crippen molar-refractivity contribution >= 4 is 15.9 Å². The van der Waals surface area contributed by atoms with E-state index in [0.29, 0.717) is 5.75 Å². The summed E-state index contributed by atoms with van der Waals surface area (Å²) in [5.74, 6) is 0.463. The van der Waals surface area contributed by atoms with Gasteiger partial charge in [-0.05, 0) is 49.6 Å². The maximum Gasteiger partial charge on any atom is 0.123 e. The van der Waals surface area contributed by atoms with Gasteiger partial charge in [-0.2, -0.15) is 0 Å². The lowest BCUT2D eigenvalue weighted by Gasteiger charge is -2.16. The first-order chi connectivity index (χ1) is 9.51. The molecule has 0 amide bonds. The van der Waals surface area contributed by atoms with Crippen molar-refractivity contribution in [2.75, 3.05) is 7.11 Å². The van der Waals surface area contributed by atoms with Crippen LogP contribution in [0.2, 0.25) is 0 Å². The molecule has 0 bridgehead atoms. The zero-order valence-corrected chi connectivity index (χ0v) is 13.5. The van der Waals surface area contributed by atoms with Gasteiger partial charge in [0.15, 0.2) is 0 Å². The molecule has 0 aromatic heterocycles. The predicted molar refractivity (Wildman–Crippen MR) is 84.2 cm³/mol. The first kappa shape index (κ1) is 15.0. The lowest BCUT2D eigenvalue weighted by atomic mass is 9.98. The molecule has 2 aromatic carbocycles. The monoisotopic (exact) mass is 336 g/mol. The Morgan fingerprint density at radius 1 is 1.15 bits per heavy atom. The SMILES string of the molecule is COc1ccc(F)cc1C(Br)Cc1cc(C)ccc1C. The smallest absolute Gasteiger partial charge is 0.123 e. The Balaban J connectivity index is 2.30. The lowest BCUT2D eigenvalue weighted by Crippen LogP contribution is -2.01. The summed E-state index contributed by atoms with van der Waals surface area (Å²) in [6.07, 6.45) is 0.799. The predicted octanol–water partition coefficient (Wildman–Crippen LogP) is 5.13. The van der Waals surface area contributed by atoms with Crippen molar-refractivity contribution in [2.24, 2.45) is 0 Å². The molecule has 0 N–H and O–H groups in total. The molecule has 0 aliphatic carbocycles. The molecule has 0 fully saturated rings. The normalized spacial score (nSPS) is 12.2. The molecule has 0 saturated heterocycles. The first-order valence-electron chi connectivity index (χ1n) is 6.55. The summed E-state index contributed by atoms with van der Waals surface area (Å²) in [5, 5.41) is 0. The van der Waals surface area contributed by atoms with Crippen LogP contribution in [-0.4, -0.2) is 7.11 Å². The topological polar surface area (TPSA) is 9.23 Å². The van der Waals surface area contributed by atoms with Gasteiger partial charge in [-0.25, -0.2) is 4.39 Å². The highest BCUT2D eigenvalue weighted by molar-refractivity contribution is 9.09. The molecule has 0 heterocycles. The molecule has 0 aliphatic heterocycles. The van der Waals surface area contributed by atoms with Crippen molar-refractivity contribution in [3.63, 3.8) is 0 Å². The molecule has 0 aliphatic rings. The highest BCUT2D eigenvalue weighted by Gasteiger charge is 2.16. The minimum absolute atomic E-state index is 0.0219. The molecule has 1 nitrogen and oxygen atoms in total. The Hall–Kier alpha value is -1.35. The van der Waals surface area contributed by atoms with Crippen LogP contribution in [-0.2, 0) is 6.42 Å². The van der Waals surface area contributed by atoms with Gasteiger partial charge in [0.1, 0.15) is 11.6 Å². The molecule has 1 atom stereocenters. The molecule has 2 rings (SSSR count). The summed E-state index contributed by atoms with van der Waals surface area (Å²) in [7, 11) is 1.61. The van der Waals surface area contributed by atoms with Gasteiger partial charge in [-0.15, -0.1) is 0 Å². The third kappa shape index (κ3) is 3.40. The molecule has 1 unspecified atom stereocenters. The average molecular weight is 337 g/mol. The Bertz CT molecular complexity index is 610. The van der Waals surface area contributed by atoms with Crippen molar-refractivity contribution in [2.45, 2.75) is 25.1 Å². The third-order valence-corrected chi connectivity index (χ3v) is 4.25. The van der Waals surface area contributed by atoms with Crippen LogP contribution >= 0.6 is 15.9 Å². The summed E-state index contributed by atoms with van der Waals surface area (Å²) in [6, 6.07) is 11.0. The second-order valence-corrected chi connectivity index (χ2v) is 6.09. The summed E-state index contributed by atoms with van der Waals surface area (Å²) in [5.41, 5.74) is 4.58. The molecule has 20 heavy (non-hydrogen) atoms. The van der Waals surface area contributed by atoms with E-state index in [9.17, 15) is 4.39 Å². The fourth-order valence-electron chi connectivity index (χ4n) is 2.27. The van der Waals surface area contributed by atoms with E-state index >= 15 is 0 Å². The van der Waals surface area contributed by atoms with E-state index < -0.39 is 0 Å². The van der Waals surface area contributed by atoms with Crippen LogP contribution in [0.4, 0.5) is 4.39 Å². The number of halogens is 2. The van der Waals surface area contributed by atoms with Crippen LogP contribution in [0.5, 0.6) is 5.75 Å². The van der Waals surface area contributed by atoms with Crippen molar-refractivity contribution in [1.29, 1.82) is 0 Å². The average Bonchev–Trinajstić information content (AvgIpc) is 2.42. The second kappa shape index (κ2) is 6.40. The van der Waals surface area contributed by atoms with Gasteiger partial charge in [-0.3, -0.25) is 0 Å². The first-order valence-corrected chi connectivity index (χ1v) is 7.46. The van der Waals surface area contributed by atoms with E-state index in [4.69, 9.17) is 4.74 Å². The van der Waals surface area contributed by atoms with Gasteiger partial charge >= 0.3 is 0 Å². The number of benzene rings is 2. The maximum atomic E-state index is 13.4. The van der Waals surface area contributed by atoms with Crippen LogP contribution in [0.15, 0.2) is 36.4 Å². The number of methoxy groups -OCH3 is 1. The fraction of sp³-hybridized carbons (Fsp3) is 0.294. The zero-order chi connectivity index (χ0) is 14.7. The number of rotatable bonds is 4. The largest absolute Gasteiger partial charge is 0.496 e. The van der Waals surface area contributed by atoms with E-state index in [1.54, 1.807) is 13.2 Å². The molecular formula is C17H18BrFO. The highest BCUT2D eigenvalue weighted by Crippen LogP contribution is 2.35. The molecule has 2 aromatic rings. The minimum Gasteiger partial charge on any atom is -0.496 e. The third-order valence-electron chi connectivity index (χ3n) is 3.43. The van der Waals surface area contributed by atoms with E-state index in [1.165, 1.54) is 28.8 Å². The van der Waals surface area contributed by atoms with Crippen molar-refractivity contribution in [3.05, 3.63) is 64.5 Å². The number of alkyl halides is 1. The molecule has 0 saturated carbocycles. The number of hydrogen-bond donors (Lipinski definition) is 0.